The highest BCUT2D eigenvalue weighted by Gasteiger charge is 2.35. The van der Waals surface area contributed by atoms with E-state index in [1.54, 1.807) is 0 Å². The number of nitrogens with zero attached hydrogens (tertiary/aromatic N) is 1. The summed E-state index contributed by atoms with van der Waals surface area (Å²) < 4.78 is 0. The van der Waals surface area contributed by atoms with Crippen LogP contribution in [0.4, 0.5) is 0 Å². The van der Waals surface area contributed by atoms with E-state index in [0.29, 0.717) is 12.6 Å². The Morgan fingerprint density at radius 2 is 2.30 bits per heavy atom. The second-order valence-corrected chi connectivity index (χ2v) is 3.53. The van der Waals surface area contributed by atoms with Crippen molar-refractivity contribution in [2.75, 3.05) is 20.1 Å². The Morgan fingerprint density at radius 3 is 2.50 bits per heavy atom. The zero-order valence-corrected chi connectivity index (χ0v) is 6.80. The number of likely N-dealkylation sites (tertiary alicyclic amines) is 1. The summed E-state index contributed by atoms with van der Waals surface area (Å²) in [6.45, 7) is 3.72. The maximum Gasteiger partial charge on any atom is 0.0422 e. The summed E-state index contributed by atoms with van der Waals surface area (Å²) in [6.07, 6.45) is 1.03. The molecule has 3 nitrogen and oxygen atoms in total. The van der Waals surface area contributed by atoms with Gasteiger partial charge in [0.1, 0.15) is 0 Å². The van der Waals surface area contributed by atoms with Crippen LogP contribution in [0.2, 0.25) is 0 Å². The number of rotatable bonds is 1. The Hall–Kier alpha value is -0.120. The van der Waals surface area contributed by atoms with Gasteiger partial charge >= 0.3 is 0 Å². The van der Waals surface area contributed by atoms with E-state index in [0.717, 1.165) is 13.0 Å². The molecule has 1 aliphatic heterocycles. The fraction of sp³-hybridized carbons (Fsp3) is 1.00. The van der Waals surface area contributed by atoms with Gasteiger partial charge in [-0.3, -0.25) is 0 Å². The molecule has 1 rings (SSSR count). The van der Waals surface area contributed by atoms with Crippen molar-refractivity contribution in [2.45, 2.75) is 24.9 Å². The van der Waals surface area contributed by atoms with Crippen LogP contribution in [0, 0.1) is 0 Å². The third-order valence-corrected chi connectivity index (χ3v) is 2.43. The van der Waals surface area contributed by atoms with Crippen LogP contribution in [-0.4, -0.2) is 36.6 Å². The van der Waals surface area contributed by atoms with Gasteiger partial charge in [0, 0.05) is 24.7 Å². The van der Waals surface area contributed by atoms with Crippen LogP contribution < -0.4 is 11.5 Å². The first-order valence-electron chi connectivity index (χ1n) is 3.76. The molecule has 3 heteroatoms. The molecule has 0 radical (unpaired) electrons. The van der Waals surface area contributed by atoms with E-state index in [2.05, 4.69) is 18.9 Å². The average molecular weight is 143 g/mol. The van der Waals surface area contributed by atoms with Gasteiger partial charge in [-0.2, -0.15) is 0 Å². The second kappa shape index (κ2) is 2.49. The van der Waals surface area contributed by atoms with Gasteiger partial charge in [-0.1, -0.05) is 0 Å². The van der Waals surface area contributed by atoms with Crippen molar-refractivity contribution >= 4 is 0 Å². The van der Waals surface area contributed by atoms with E-state index in [1.807, 2.05) is 0 Å². The maximum atomic E-state index is 5.97. The summed E-state index contributed by atoms with van der Waals surface area (Å²) in [5, 5.41) is 0. The first-order valence-corrected chi connectivity index (χ1v) is 3.76. The third-order valence-electron chi connectivity index (χ3n) is 2.43. The van der Waals surface area contributed by atoms with E-state index in [4.69, 9.17) is 11.5 Å². The zero-order valence-electron chi connectivity index (χ0n) is 6.80. The van der Waals surface area contributed by atoms with E-state index in [1.165, 1.54) is 0 Å². The minimum atomic E-state index is -0.117. The van der Waals surface area contributed by atoms with Crippen LogP contribution in [0.5, 0.6) is 0 Å². The van der Waals surface area contributed by atoms with Crippen LogP contribution >= 0.6 is 0 Å². The van der Waals surface area contributed by atoms with Crippen molar-refractivity contribution in [3.05, 3.63) is 0 Å². The van der Waals surface area contributed by atoms with Gasteiger partial charge in [-0.15, -0.1) is 0 Å². The van der Waals surface area contributed by atoms with Gasteiger partial charge in [0.05, 0.1) is 0 Å². The molecule has 0 aromatic heterocycles. The predicted molar refractivity (Wildman–Crippen MR) is 42.7 cm³/mol. The highest BCUT2D eigenvalue weighted by atomic mass is 15.2. The quantitative estimate of drug-likeness (QED) is 0.513. The Kier molecular flexibility index (Phi) is 1.99. The fourth-order valence-corrected chi connectivity index (χ4v) is 1.61. The molecule has 0 spiro atoms. The second-order valence-electron chi connectivity index (χ2n) is 3.53. The van der Waals surface area contributed by atoms with E-state index < -0.39 is 0 Å². The first kappa shape index (κ1) is 7.98. The molecule has 4 N–H and O–H groups in total. The highest BCUT2D eigenvalue weighted by Crippen LogP contribution is 2.21. The molecule has 1 fully saturated rings. The van der Waals surface area contributed by atoms with E-state index in [-0.39, 0.29) is 5.54 Å². The monoisotopic (exact) mass is 143 g/mol. The maximum absolute atomic E-state index is 5.97. The Balaban J connectivity index is 2.55. The smallest absolute Gasteiger partial charge is 0.0422 e. The van der Waals surface area contributed by atoms with Crippen molar-refractivity contribution < 1.29 is 0 Å². The summed E-state index contributed by atoms with van der Waals surface area (Å²) in [5.41, 5.74) is 11.4. The normalized spacial score (nSPS) is 42.6. The molecule has 0 bridgehead atoms. The minimum Gasteiger partial charge on any atom is -0.329 e. The van der Waals surface area contributed by atoms with Gasteiger partial charge in [-0.05, 0) is 20.4 Å². The van der Waals surface area contributed by atoms with Gasteiger partial charge in [0.15, 0.2) is 0 Å². The summed E-state index contributed by atoms with van der Waals surface area (Å²) in [4.78, 5) is 2.26. The number of hydrogen-bond acceptors (Lipinski definition) is 3. The molecule has 0 saturated carbocycles. The minimum absolute atomic E-state index is 0.117. The first-order chi connectivity index (χ1) is 4.57. The molecule has 1 heterocycles. The van der Waals surface area contributed by atoms with Crippen LogP contribution in [0.3, 0.4) is 0 Å². The van der Waals surface area contributed by atoms with Crippen LogP contribution in [-0.2, 0) is 0 Å². The summed E-state index contributed by atoms with van der Waals surface area (Å²) in [6, 6.07) is 0.591. The Morgan fingerprint density at radius 1 is 1.70 bits per heavy atom. The summed E-state index contributed by atoms with van der Waals surface area (Å²) in [5.74, 6) is 0. The molecule has 2 unspecified atom stereocenters. The molecule has 2 atom stereocenters. The molecule has 0 aliphatic carbocycles. The van der Waals surface area contributed by atoms with Crippen molar-refractivity contribution in [1.82, 2.24) is 4.90 Å². The van der Waals surface area contributed by atoms with Gasteiger partial charge in [0.25, 0.3) is 0 Å². The van der Waals surface area contributed by atoms with Crippen LogP contribution in [0.1, 0.15) is 13.3 Å². The molecule has 10 heavy (non-hydrogen) atoms. The van der Waals surface area contributed by atoms with Gasteiger partial charge in [-0.25, -0.2) is 0 Å². The standard InChI is InChI=1S/C7H17N3/c1-6-3-7(9,4-8)5-10(6)2/h6H,3-5,8-9H2,1-2H3. The van der Waals surface area contributed by atoms with E-state index >= 15 is 0 Å². The molecular formula is C7H17N3. The van der Waals surface area contributed by atoms with E-state index in [9.17, 15) is 0 Å². The third kappa shape index (κ3) is 1.31. The van der Waals surface area contributed by atoms with Crippen molar-refractivity contribution in [3.63, 3.8) is 0 Å². The van der Waals surface area contributed by atoms with Crippen LogP contribution in [0.25, 0.3) is 0 Å². The zero-order chi connectivity index (χ0) is 7.78. The number of hydrogen-bond donors (Lipinski definition) is 2. The Bertz CT molecular complexity index is 114. The lowest BCUT2D eigenvalue weighted by Crippen LogP contribution is -2.48. The van der Waals surface area contributed by atoms with Crippen molar-refractivity contribution in [3.8, 4) is 0 Å². The topological polar surface area (TPSA) is 55.3 Å². The molecule has 0 aromatic carbocycles. The van der Waals surface area contributed by atoms with Gasteiger partial charge in [0.2, 0.25) is 0 Å². The predicted octanol–water partition coefficient (Wildman–Crippen LogP) is -0.633. The lowest BCUT2D eigenvalue weighted by atomic mass is 9.98. The van der Waals surface area contributed by atoms with Gasteiger partial charge < -0.3 is 16.4 Å². The molecule has 60 valence electrons. The summed E-state index contributed by atoms with van der Waals surface area (Å²) in [7, 11) is 2.09. The fourth-order valence-electron chi connectivity index (χ4n) is 1.61. The molecule has 0 amide bonds. The molecule has 1 saturated heterocycles. The van der Waals surface area contributed by atoms with Crippen molar-refractivity contribution in [1.29, 1.82) is 0 Å². The average Bonchev–Trinajstić information content (AvgIpc) is 2.10. The van der Waals surface area contributed by atoms with Crippen LogP contribution in [0.15, 0.2) is 0 Å². The lowest BCUT2D eigenvalue weighted by Gasteiger charge is -2.20. The molecule has 0 aromatic rings. The lowest BCUT2D eigenvalue weighted by molar-refractivity contribution is 0.320. The molecule has 1 aliphatic rings. The number of likely N-dealkylation sites (N-methyl/N-ethyl adjacent to an activating group) is 1. The summed E-state index contributed by atoms with van der Waals surface area (Å²) >= 11 is 0. The highest BCUT2D eigenvalue weighted by molar-refractivity contribution is 4.97. The number of nitrogens with two attached hydrogens (primary N) is 2. The molecular weight excluding hydrogens is 126 g/mol. The Labute approximate surface area is 62.4 Å². The van der Waals surface area contributed by atoms with Crippen molar-refractivity contribution in [2.24, 2.45) is 11.5 Å². The largest absolute Gasteiger partial charge is 0.329 e. The SMILES string of the molecule is CC1CC(N)(CN)CN1C.